The minimum atomic E-state index is -2.23. The number of carbonyl (C=O) groups excluding carboxylic acids is 2. The summed E-state index contributed by atoms with van der Waals surface area (Å²) >= 11 is 0. The third kappa shape index (κ3) is 2.80. The molecule has 5 rings (SSSR count). The Kier molecular flexibility index (Phi) is 5.46. The number of hydrogen-bond acceptors (Lipinski definition) is 4. The van der Waals surface area contributed by atoms with Gasteiger partial charge >= 0.3 is 5.97 Å². The van der Waals surface area contributed by atoms with Crippen LogP contribution in [0.1, 0.15) is 107 Å². The quantitative estimate of drug-likeness (QED) is 0.466. The van der Waals surface area contributed by atoms with Crippen LogP contribution in [0.5, 0.6) is 0 Å². The summed E-state index contributed by atoms with van der Waals surface area (Å²) < 4.78 is 0. The molecule has 0 radical (unpaired) electrons. The molecule has 5 aliphatic rings. The number of fused-ring (bicyclic) bond motifs is 7. The van der Waals surface area contributed by atoms with E-state index in [1.54, 1.807) is 0 Å². The maximum Gasteiger partial charge on any atom is 0.336 e. The van der Waals surface area contributed by atoms with E-state index in [9.17, 15) is 24.6 Å². The number of hydrogen-bond donors (Lipinski definition) is 2. The lowest BCUT2D eigenvalue weighted by Gasteiger charge is -2.74. The monoisotopic (exact) mass is 500 g/mol. The van der Waals surface area contributed by atoms with Crippen LogP contribution in [0.4, 0.5) is 0 Å². The summed E-state index contributed by atoms with van der Waals surface area (Å²) in [5.74, 6) is -0.396. The number of rotatable bonds is 1. The van der Waals surface area contributed by atoms with E-state index in [1.807, 2.05) is 20.8 Å². The van der Waals surface area contributed by atoms with Crippen LogP contribution in [-0.2, 0) is 14.4 Å². The van der Waals surface area contributed by atoms with Crippen LogP contribution >= 0.6 is 0 Å². The molecule has 5 nitrogen and oxygen atoms in total. The molecule has 0 spiro atoms. The Balaban J connectivity index is 1.68. The van der Waals surface area contributed by atoms with Gasteiger partial charge in [0.25, 0.3) is 0 Å². The molecule has 202 valence electrons. The Morgan fingerprint density at radius 3 is 2.14 bits per heavy atom. The predicted molar refractivity (Wildman–Crippen MR) is 138 cm³/mol. The number of aliphatic carboxylic acids is 1. The molecule has 11 atom stereocenters. The highest BCUT2D eigenvalue weighted by Crippen LogP contribution is 2.77. The zero-order valence-corrected chi connectivity index (χ0v) is 23.7. The molecule has 36 heavy (non-hydrogen) atoms. The Morgan fingerprint density at radius 2 is 1.53 bits per heavy atom. The zero-order valence-electron chi connectivity index (χ0n) is 23.7. The second-order valence-electron chi connectivity index (χ2n) is 15.5. The minimum absolute atomic E-state index is 0.111. The van der Waals surface area contributed by atoms with Crippen LogP contribution < -0.4 is 0 Å². The number of carboxylic acid groups (broad SMARTS) is 1. The fraction of sp³-hybridized carbons (Fsp3) is 0.903. The molecule has 0 aromatic heterocycles. The maximum atomic E-state index is 14.5. The van der Waals surface area contributed by atoms with E-state index >= 15 is 0 Å². The third-order valence-corrected chi connectivity index (χ3v) is 14.1. The van der Waals surface area contributed by atoms with E-state index in [0.29, 0.717) is 30.6 Å². The van der Waals surface area contributed by atoms with Crippen LogP contribution in [0.25, 0.3) is 0 Å². The van der Waals surface area contributed by atoms with Gasteiger partial charge in [-0.1, -0.05) is 55.4 Å². The summed E-state index contributed by atoms with van der Waals surface area (Å²) in [6.45, 7) is 17.5. The topological polar surface area (TPSA) is 91.7 Å². The number of carboxylic acids is 1. The molecule has 1 unspecified atom stereocenters. The molecule has 5 heteroatoms. The van der Waals surface area contributed by atoms with Crippen molar-refractivity contribution in [1.29, 1.82) is 0 Å². The summed E-state index contributed by atoms with van der Waals surface area (Å²) in [5.41, 5.74) is -4.47. The zero-order chi connectivity index (χ0) is 26.9. The van der Waals surface area contributed by atoms with E-state index in [2.05, 4.69) is 34.6 Å². The van der Waals surface area contributed by atoms with Crippen LogP contribution in [0.2, 0.25) is 0 Å². The molecule has 0 aromatic carbocycles. The van der Waals surface area contributed by atoms with E-state index in [0.717, 1.165) is 19.3 Å². The van der Waals surface area contributed by atoms with Gasteiger partial charge in [-0.25, -0.2) is 4.79 Å². The lowest BCUT2D eigenvalue weighted by atomic mass is 9.29. The first-order valence-corrected chi connectivity index (χ1v) is 14.4. The van der Waals surface area contributed by atoms with E-state index in [1.165, 1.54) is 12.8 Å². The van der Waals surface area contributed by atoms with Gasteiger partial charge in [-0.3, -0.25) is 9.59 Å². The van der Waals surface area contributed by atoms with Crippen LogP contribution in [0, 0.1) is 62.6 Å². The van der Waals surface area contributed by atoms with Crippen molar-refractivity contribution in [3.05, 3.63) is 0 Å². The van der Waals surface area contributed by atoms with Crippen LogP contribution in [-0.4, -0.2) is 33.3 Å². The van der Waals surface area contributed by atoms with Crippen LogP contribution in [0.15, 0.2) is 0 Å². The number of carbonyl (C=O) groups is 3. The first-order chi connectivity index (χ1) is 16.4. The highest BCUT2D eigenvalue weighted by atomic mass is 16.4. The normalized spacial score (nSPS) is 56.1. The van der Waals surface area contributed by atoms with Gasteiger partial charge < -0.3 is 10.2 Å². The average Bonchev–Trinajstić information content (AvgIpc) is 2.77. The molecular weight excluding hydrogens is 452 g/mol. The first-order valence-electron chi connectivity index (χ1n) is 14.4. The van der Waals surface area contributed by atoms with E-state index in [-0.39, 0.29) is 34.2 Å². The molecular formula is C31H48O5. The Hall–Kier alpha value is -1.23. The van der Waals surface area contributed by atoms with Crippen molar-refractivity contribution in [1.82, 2.24) is 0 Å². The fourth-order valence-electron chi connectivity index (χ4n) is 11.5. The van der Waals surface area contributed by atoms with E-state index in [4.69, 9.17) is 0 Å². The largest absolute Gasteiger partial charge is 0.479 e. The molecule has 0 saturated heterocycles. The van der Waals surface area contributed by atoms with Gasteiger partial charge in [-0.15, -0.1) is 0 Å². The molecule has 5 aliphatic carbocycles. The summed E-state index contributed by atoms with van der Waals surface area (Å²) in [4.78, 5) is 40.4. The summed E-state index contributed by atoms with van der Waals surface area (Å²) in [6, 6.07) is 0. The fourth-order valence-corrected chi connectivity index (χ4v) is 11.5. The molecule has 5 saturated carbocycles. The Labute approximate surface area is 217 Å². The van der Waals surface area contributed by atoms with Crippen molar-refractivity contribution in [2.24, 2.45) is 62.6 Å². The highest BCUT2D eigenvalue weighted by Gasteiger charge is 2.78. The van der Waals surface area contributed by atoms with Gasteiger partial charge in [0.15, 0.2) is 5.60 Å². The Morgan fingerprint density at radius 1 is 0.889 bits per heavy atom. The molecule has 0 aliphatic heterocycles. The molecule has 2 N–H and O–H groups in total. The van der Waals surface area contributed by atoms with Gasteiger partial charge in [0, 0.05) is 29.6 Å². The van der Waals surface area contributed by atoms with Crippen molar-refractivity contribution in [2.75, 3.05) is 0 Å². The van der Waals surface area contributed by atoms with Gasteiger partial charge in [0.2, 0.25) is 0 Å². The lowest BCUT2D eigenvalue weighted by Crippen LogP contribution is -2.76. The summed E-state index contributed by atoms with van der Waals surface area (Å²) in [7, 11) is 0. The van der Waals surface area contributed by atoms with Gasteiger partial charge in [0.05, 0.1) is 0 Å². The van der Waals surface area contributed by atoms with Crippen molar-refractivity contribution >= 4 is 17.5 Å². The van der Waals surface area contributed by atoms with Crippen LogP contribution in [0.3, 0.4) is 0 Å². The summed E-state index contributed by atoms with van der Waals surface area (Å²) in [5, 5.41) is 22.3. The second-order valence-corrected chi connectivity index (χ2v) is 15.5. The molecule has 5 fully saturated rings. The van der Waals surface area contributed by atoms with E-state index < -0.39 is 40.2 Å². The number of Topliss-reactive ketones (excluding diaryl/α,β-unsaturated/α-hetero) is 2. The number of aliphatic hydroxyl groups is 1. The smallest absolute Gasteiger partial charge is 0.336 e. The van der Waals surface area contributed by atoms with Crippen molar-refractivity contribution < 1.29 is 24.6 Å². The van der Waals surface area contributed by atoms with Crippen molar-refractivity contribution in [3.8, 4) is 0 Å². The summed E-state index contributed by atoms with van der Waals surface area (Å²) in [6.07, 6.45) is 6.18. The lowest BCUT2D eigenvalue weighted by molar-refractivity contribution is -0.272. The maximum absolute atomic E-state index is 14.5. The second kappa shape index (κ2) is 7.45. The molecule has 0 amide bonds. The van der Waals surface area contributed by atoms with Crippen molar-refractivity contribution in [3.63, 3.8) is 0 Å². The SMILES string of the molecule is C[C@@H]1[C@H]2[C@H]3CC(=O)[C@@H]4[C@]5(C)[C@@H](CC[C@@]4(C)[C@]3(C)CC[C@@]2(C)CC[C@H]1C)C(C)(C)C(=O)CC5(O)C(=O)O. The first kappa shape index (κ1) is 26.4. The number of ketones is 2. The van der Waals surface area contributed by atoms with Gasteiger partial charge in [-0.2, -0.15) is 0 Å². The molecule has 0 aromatic rings. The minimum Gasteiger partial charge on any atom is -0.479 e. The van der Waals surface area contributed by atoms with Gasteiger partial charge in [-0.05, 0) is 84.4 Å². The van der Waals surface area contributed by atoms with Gasteiger partial charge in [0.1, 0.15) is 11.6 Å². The average molecular weight is 501 g/mol. The van der Waals surface area contributed by atoms with Crippen molar-refractivity contribution in [2.45, 2.75) is 112 Å². The molecule has 0 bridgehead atoms. The molecule has 0 heterocycles. The Bertz CT molecular complexity index is 1020. The standard InChI is InChI=1S/C31H48O5/c1-17-9-11-27(5)13-14-28(6)19(23(27)18(17)2)15-20(32)24-29(28,7)12-10-21-26(3,4)22(33)16-31(36,25(34)35)30(21,24)8/h17-19,21,23-24,36H,9-16H2,1-8H3,(H,34,35)/t17-,18+,19-,21+,23+,24+,27-,28-,29-,30+,31?/m1/s1. The highest BCUT2D eigenvalue weighted by molar-refractivity contribution is 5.96. The predicted octanol–water partition coefficient (Wildman–Crippen LogP) is 5.92. The third-order valence-electron chi connectivity index (χ3n) is 14.1.